The number of rotatable bonds is 5. The van der Waals surface area contributed by atoms with E-state index in [9.17, 15) is 5.26 Å². The Kier molecular flexibility index (Phi) is 4.37. The highest BCUT2D eigenvalue weighted by Gasteiger charge is 2.34. The number of hydrogen-bond donors (Lipinski definition) is 1. The van der Waals surface area contributed by atoms with Crippen LogP contribution in [0.15, 0.2) is 0 Å². The zero-order chi connectivity index (χ0) is 14.8. The average molecular weight is 274 g/mol. The molecule has 0 radical (unpaired) electrons. The summed E-state index contributed by atoms with van der Waals surface area (Å²) < 4.78 is 1.80. The molecule has 110 valence electrons. The van der Waals surface area contributed by atoms with Gasteiger partial charge in [-0.15, -0.1) is 0 Å². The van der Waals surface area contributed by atoms with E-state index in [1.807, 2.05) is 14.0 Å². The van der Waals surface area contributed by atoms with Crippen molar-refractivity contribution in [3.8, 4) is 6.07 Å². The topological polar surface area (TPSA) is 53.6 Å². The Morgan fingerprint density at radius 2 is 2.05 bits per heavy atom. The number of hydrogen-bond acceptors (Lipinski definition) is 3. The van der Waals surface area contributed by atoms with Crippen LogP contribution in [0.1, 0.15) is 57.2 Å². The van der Waals surface area contributed by atoms with Crippen molar-refractivity contribution in [1.29, 1.82) is 5.26 Å². The van der Waals surface area contributed by atoms with Gasteiger partial charge in [-0.25, -0.2) is 0 Å². The lowest BCUT2D eigenvalue weighted by Crippen LogP contribution is -2.29. The van der Waals surface area contributed by atoms with Crippen molar-refractivity contribution in [2.75, 3.05) is 11.9 Å². The summed E-state index contributed by atoms with van der Waals surface area (Å²) in [5.74, 6) is 1.60. The molecule has 1 aliphatic rings. The molecule has 2 rings (SSSR count). The van der Waals surface area contributed by atoms with Crippen molar-refractivity contribution in [1.82, 2.24) is 9.78 Å². The highest BCUT2D eigenvalue weighted by atomic mass is 15.3. The van der Waals surface area contributed by atoms with Crippen molar-refractivity contribution >= 4 is 5.82 Å². The molecule has 0 amide bonds. The molecule has 4 heteroatoms. The van der Waals surface area contributed by atoms with Gasteiger partial charge in [0.1, 0.15) is 17.5 Å². The van der Waals surface area contributed by atoms with E-state index in [-0.39, 0.29) is 0 Å². The minimum Gasteiger partial charge on any atom is -0.369 e. The van der Waals surface area contributed by atoms with E-state index < -0.39 is 0 Å². The van der Waals surface area contributed by atoms with Gasteiger partial charge in [0.15, 0.2) is 0 Å². The van der Waals surface area contributed by atoms with Crippen LogP contribution in [0, 0.1) is 29.6 Å². The normalized spacial score (nSPS) is 17.4. The Morgan fingerprint density at radius 1 is 1.40 bits per heavy atom. The van der Waals surface area contributed by atoms with Gasteiger partial charge >= 0.3 is 0 Å². The molecule has 1 aromatic rings. The number of nitriles is 1. The summed E-state index contributed by atoms with van der Waals surface area (Å²) in [5.41, 5.74) is 1.89. The van der Waals surface area contributed by atoms with Crippen LogP contribution in [0.5, 0.6) is 0 Å². The zero-order valence-corrected chi connectivity index (χ0v) is 13.2. The monoisotopic (exact) mass is 274 g/mol. The SMILES string of the molecule is Cc1nn(C)c(NCC2(CC(C)C)CCCC2)c1C#N. The molecule has 1 fully saturated rings. The fourth-order valence-electron chi connectivity index (χ4n) is 3.71. The van der Waals surface area contributed by atoms with Crippen LogP contribution >= 0.6 is 0 Å². The third-order valence-electron chi connectivity index (χ3n) is 4.47. The molecule has 1 aromatic heterocycles. The van der Waals surface area contributed by atoms with Gasteiger partial charge < -0.3 is 5.32 Å². The summed E-state index contributed by atoms with van der Waals surface area (Å²) >= 11 is 0. The molecule has 0 atom stereocenters. The van der Waals surface area contributed by atoms with Gasteiger partial charge in [0.2, 0.25) is 0 Å². The first-order chi connectivity index (χ1) is 9.47. The van der Waals surface area contributed by atoms with Crippen LogP contribution < -0.4 is 5.32 Å². The summed E-state index contributed by atoms with van der Waals surface area (Å²) in [5, 5.41) is 17.1. The molecule has 1 aliphatic carbocycles. The lowest BCUT2D eigenvalue weighted by Gasteiger charge is -2.31. The van der Waals surface area contributed by atoms with Crippen LogP contribution in [0.3, 0.4) is 0 Å². The first-order valence-corrected chi connectivity index (χ1v) is 7.65. The Hall–Kier alpha value is -1.50. The van der Waals surface area contributed by atoms with Crippen molar-refractivity contribution in [3.05, 3.63) is 11.3 Å². The minimum atomic E-state index is 0.402. The second-order valence-electron chi connectivity index (χ2n) is 6.70. The quantitative estimate of drug-likeness (QED) is 0.892. The Bertz CT molecular complexity index is 501. The summed E-state index contributed by atoms with van der Waals surface area (Å²) in [7, 11) is 1.90. The van der Waals surface area contributed by atoms with Crippen molar-refractivity contribution in [2.24, 2.45) is 18.4 Å². The molecule has 0 bridgehead atoms. The number of anilines is 1. The zero-order valence-electron chi connectivity index (χ0n) is 13.2. The molecule has 0 spiro atoms. The van der Waals surface area contributed by atoms with Crippen LogP contribution in [-0.4, -0.2) is 16.3 Å². The van der Waals surface area contributed by atoms with Crippen LogP contribution in [0.2, 0.25) is 0 Å². The minimum absolute atomic E-state index is 0.402. The van der Waals surface area contributed by atoms with Crippen molar-refractivity contribution in [3.63, 3.8) is 0 Å². The maximum atomic E-state index is 9.27. The fourth-order valence-corrected chi connectivity index (χ4v) is 3.71. The molecule has 20 heavy (non-hydrogen) atoms. The van der Waals surface area contributed by atoms with Gasteiger partial charge in [0.05, 0.1) is 5.69 Å². The Morgan fingerprint density at radius 3 is 2.60 bits per heavy atom. The molecule has 1 heterocycles. The van der Waals surface area contributed by atoms with Crippen molar-refractivity contribution in [2.45, 2.75) is 52.9 Å². The molecular formula is C16H26N4. The standard InChI is InChI=1S/C16H26N4/c1-12(2)9-16(7-5-6-8-16)11-18-15-14(10-17)13(3)19-20(15)4/h12,18H,5-9,11H2,1-4H3. The lowest BCUT2D eigenvalue weighted by atomic mass is 9.78. The molecule has 1 saturated carbocycles. The highest BCUT2D eigenvalue weighted by Crippen LogP contribution is 2.43. The summed E-state index contributed by atoms with van der Waals surface area (Å²) in [4.78, 5) is 0. The highest BCUT2D eigenvalue weighted by molar-refractivity contribution is 5.55. The molecule has 0 saturated heterocycles. The lowest BCUT2D eigenvalue weighted by molar-refractivity contribution is 0.252. The summed E-state index contributed by atoms with van der Waals surface area (Å²) in [6, 6.07) is 2.27. The van der Waals surface area contributed by atoms with Gasteiger partial charge in [-0.05, 0) is 37.5 Å². The van der Waals surface area contributed by atoms with Crippen LogP contribution in [0.4, 0.5) is 5.82 Å². The third kappa shape index (κ3) is 2.98. The molecule has 4 nitrogen and oxygen atoms in total. The smallest absolute Gasteiger partial charge is 0.142 e. The largest absolute Gasteiger partial charge is 0.369 e. The molecular weight excluding hydrogens is 248 g/mol. The van der Waals surface area contributed by atoms with Gasteiger partial charge in [-0.1, -0.05) is 26.7 Å². The second kappa shape index (κ2) is 5.87. The van der Waals surface area contributed by atoms with E-state index in [2.05, 4.69) is 30.3 Å². The predicted molar refractivity (Wildman–Crippen MR) is 81.5 cm³/mol. The van der Waals surface area contributed by atoms with E-state index in [1.54, 1.807) is 4.68 Å². The van der Waals surface area contributed by atoms with Gasteiger partial charge in [-0.2, -0.15) is 10.4 Å². The van der Waals surface area contributed by atoms with Gasteiger partial charge in [0.25, 0.3) is 0 Å². The van der Waals surface area contributed by atoms with E-state index in [0.29, 0.717) is 11.0 Å². The predicted octanol–water partition coefficient (Wildman–Crippen LogP) is 3.62. The van der Waals surface area contributed by atoms with Gasteiger partial charge in [-0.3, -0.25) is 4.68 Å². The first-order valence-electron chi connectivity index (χ1n) is 7.65. The molecule has 0 aliphatic heterocycles. The van der Waals surface area contributed by atoms with Crippen LogP contribution in [0.25, 0.3) is 0 Å². The van der Waals surface area contributed by atoms with E-state index >= 15 is 0 Å². The Balaban J connectivity index is 2.12. The summed E-state index contributed by atoms with van der Waals surface area (Å²) in [6.07, 6.45) is 6.54. The fraction of sp³-hybridized carbons (Fsp3) is 0.750. The molecule has 1 N–H and O–H groups in total. The maximum Gasteiger partial charge on any atom is 0.142 e. The average Bonchev–Trinajstić information content (AvgIpc) is 2.91. The number of aromatic nitrogens is 2. The van der Waals surface area contributed by atoms with E-state index in [0.717, 1.165) is 24.0 Å². The van der Waals surface area contributed by atoms with E-state index in [4.69, 9.17) is 0 Å². The van der Waals surface area contributed by atoms with Gasteiger partial charge in [0, 0.05) is 13.6 Å². The number of nitrogens with zero attached hydrogens (tertiary/aromatic N) is 3. The molecule has 0 aromatic carbocycles. The van der Waals surface area contributed by atoms with E-state index in [1.165, 1.54) is 32.1 Å². The first kappa shape index (κ1) is 14.9. The van der Waals surface area contributed by atoms with Crippen LogP contribution in [-0.2, 0) is 7.05 Å². The third-order valence-corrected chi connectivity index (χ3v) is 4.47. The molecule has 0 unspecified atom stereocenters. The van der Waals surface area contributed by atoms with Crippen molar-refractivity contribution < 1.29 is 0 Å². The number of nitrogens with one attached hydrogen (secondary N) is 1. The second-order valence-corrected chi connectivity index (χ2v) is 6.70. The maximum absolute atomic E-state index is 9.27. The number of aryl methyl sites for hydroxylation is 2. The summed E-state index contributed by atoms with van der Waals surface area (Å²) in [6.45, 7) is 7.45. The Labute approximate surface area is 122 Å².